The van der Waals surface area contributed by atoms with Crippen LogP contribution in [0.3, 0.4) is 0 Å². The maximum absolute atomic E-state index is 12.9. The summed E-state index contributed by atoms with van der Waals surface area (Å²) < 4.78 is 5.07. The van der Waals surface area contributed by atoms with Crippen molar-refractivity contribution in [3.63, 3.8) is 0 Å². The second-order valence-corrected chi connectivity index (χ2v) is 9.10. The van der Waals surface area contributed by atoms with Gasteiger partial charge in [-0.15, -0.1) is 11.3 Å². The molecule has 0 atom stereocenters. The van der Waals surface area contributed by atoms with Crippen molar-refractivity contribution in [2.75, 3.05) is 26.2 Å². The molecule has 0 aliphatic carbocycles. The van der Waals surface area contributed by atoms with E-state index in [-0.39, 0.29) is 23.6 Å². The highest BCUT2D eigenvalue weighted by molar-refractivity contribution is 7.18. The van der Waals surface area contributed by atoms with Gasteiger partial charge in [-0.1, -0.05) is 12.1 Å². The van der Waals surface area contributed by atoms with E-state index in [2.05, 4.69) is 16.0 Å². The number of benzene rings is 1. The third kappa shape index (κ3) is 3.53. The first kappa shape index (κ1) is 20.6. The molecule has 1 amide bonds. The smallest absolute Gasteiger partial charge is 0.332 e. The van der Waals surface area contributed by atoms with Gasteiger partial charge in [0, 0.05) is 40.3 Å². The number of amides is 1. The number of thiazole rings is 1. The monoisotopic (exact) mass is 453 g/mol. The quantitative estimate of drug-likeness (QED) is 0.443. The zero-order valence-electron chi connectivity index (χ0n) is 17.9. The molecule has 166 valence electrons. The van der Waals surface area contributed by atoms with Crippen molar-refractivity contribution in [3.8, 4) is 0 Å². The number of hydrogen-bond acceptors (Lipinski definition) is 7. The van der Waals surface area contributed by atoms with Gasteiger partial charge < -0.3 is 9.47 Å². The van der Waals surface area contributed by atoms with Crippen LogP contribution in [-0.4, -0.2) is 65.6 Å². The second-order valence-electron chi connectivity index (χ2n) is 7.98. The van der Waals surface area contributed by atoms with Crippen LogP contribution in [0.5, 0.6) is 0 Å². The van der Waals surface area contributed by atoms with Gasteiger partial charge in [0.1, 0.15) is 11.6 Å². The highest BCUT2D eigenvalue weighted by Gasteiger charge is 2.23. The van der Waals surface area contributed by atoms with E-state index in [4.69, 9.17) is 4.98 Å². The van der Waals surface area contributed by atoms with Gasteiger partial charge in [0.15, 0.2) is 11.2 Å². The van der Waals surface area contributed by atoms with Crippen LogP contribution in [0.25, 0.3) is 21.4 Å². The van der Waals surface area contributed by atoms with Crippen LogP contribution in [0.15, 0.2) is 40.2 Å². The minimum absolute atomic E-state index is 0.0157. The molecule has 5 rings (SSSR count). The number of piperazine rings is 1. The molecule has 0 unspecified atom stereocenters. The van der Waals surface area contributed by atoms with E-state index in [0.29, 0.717) is 13.1 Å². The molecule has 4 aromatic rings. The highest BCUT2D eigenvalue weighted by Crippen LogP contribution is 2.23. The van der Waals surface area contributed by atoms with E-state index in [1.165, 1.54) is 27.2 Å². The summed E-state index contributed by atoms with van der Waals surface area (Å²) >= 11 is 1.71. The largest absolute Gasteiger partial charge is 0.339 e. The summed E-state index contributed by atoms with van der Waals surface area (Å²) in [4.78, 5) is 50.6. The van der Waals surface area contributed by atoms with Crippen LogP contribution >= 0.6 is 11.3 Å². The van der Waals surface area contributed by atoms with Crippen molar-refractivity contribution in [1.82, 2.24) is 33.5 Å². The third-order valence-electron chi connectivity index (χ3n) is 5.94. The molecule has 4 heterocycles. The van der Waals surface area contributed by atoms with Crippen LogP contribution < -0.4 is 11.2 Å². The molecule has 1 fully saturated rings. The molecule has 11 heteroatoms. The highest BCUT2D eigenvalue weighted by atomic mass is 32.1. The number of carbonyl (C=O) groups excluding carboxylic acids is 1. The molecule has 0 radical (unpaired) electrons. The lowest BCUT2D eigenvalue weighted by Gasteiger charge is -2.34. The van der Waals surface area contributed by atoms with Gasteiger partial charge in [0.25, 0.3) is 5.56 Å². The van der Waals surface area contributed by atoms with Crippen LogP contribution in [0.2, 0.25) is 0 Å². The van der Waals surface area contributed by atoms with Gasteiger partial charge in [-0.3, -0.25) is 23.6 Å². The maximum Gasteiger partial charge on any atom is 0.332 e. The van der Waals surface area contributed by atoms with Crippen molar-refractivity contribution >= 4 is 38.6 Å². The first-order chi connectivity index (χ1) is 15.4. The van der Waals surface area contributed by atoms with Crippen LogP contribution in [0.4, 0.5) is 0 Å². The Balaban J connectivity index is 1.25. The van der Waals surface area contributed by atoms with Gasteiger partial charge in [-0.05, 0) is 12.1 Å². The van der Waals surface area contributed by atoms with Crippen LogP contribution in [-0.2, 0) is 32.0 Å². The first-order valence-electron chi connectivity index (χ1n) is 10.4. The van der Waals surface area contributed by atoms with Gasteiger partial charge in [0.05, 0.1) is 23.1 Å². The molecule has 32 heavy (non-hydrogen) atoms. The number of hydrogen-bond donors (Lipinski definition) is 0. The molecule has 1 saturated heterocycles. The topological polar surface area (TPSA) is 98.3 Å². The Labute approximate surface area is 186 Å². The number of rotatable bonds is 4. The van der Waals surface area contributed by atoms with E-state index in [0.717, 1.165) is 34.7 Å². The summed E-state index contributed by atoms with van der Waals surface area (Å²) in [7, 11) is 2.99. The Morgan fingerprint density at radius 2 is 1.81 bits per heavy atom. The van der Waals surface area contributed by atoms with E-state index in [1.807, 2.05) is 23.1 Å². The zero-order valence-corrected chi connectivity index (χ0v) is 18.7. The predicted molar refractivity (Wildman–Crippen MR) is 122 cm³/mol. The SMILES string of the molecule is Cn1c(=O)c2c(ncn2CC(=O)N2CCN(Cc3nc4ccccc4s3)CC2)n(C)c1=O. The van der Waals surface area contributed by atoms with Crippen molar-refractivity contribution in [3.05, 3.63) is 56.4 Å². The molecular formula is C21H23N7O3S. The lowest BCUT2D eigenvalue weighted by molar-refractivity contribution is -0.133. The zero-order chi connectivity index (χ0) is 22.4. The van der Waals surface area contributed by atoms with Gasteiger partial charge in [-0.2, -0.15) is 0 Å². The Morgan fingerprint density at radius 1 is 1.06 bits per heavy atom. The molecule has 10 nitrogen and oxygen atoms in total. The summed E-state index contributed by atoms with van der Waals surface area (Å²) in [5.41, 5.74) is 0.680. The summed E-state index contributed by atoms with van der Waals surface area (Å²) in [6, 6.07) is 8.12. The molecule has 0 spiro atoms. The minimum Gasteiger partial charge on any atom is -0.339 e. The summed E-state index contributed by atoms with van der Waals surface area (Å²) in [5, 5.41) is 1.08. The Morgan fingerprint density at radius 3 is 2.56 bits per heavy atom. The molecule has 1 aromatic carbocycles. The number of carbonyl (C=O) groups is 1. The second kappa shape index (κ2) is 7.99. The molecule has 1 aliphatic rings. The number of aromatic nitrogens is 5. The predicted octanol–water partition coefficient (Wildman–Crippen LogP) is 0.388. The number of aryl methyl sites for hydroxylation is 1. The van der Waals surface area contributed by atoms with Crippen molar-refractivity contribution < 1.29 is 4.79 Å². The Bertz CT molecular complexity index is 1410. The first-order valence-corrected chi connectivity index (χ1v) is 11.2. The summed E-state index contributed by atoms with van der Waals surface area (Å²) in [6.45, 7) is 3.56. The van der Waals surface area contributed by atoms with E-state index < -0.39 is 11.2 Å². The summed E-state index contributed by atoms with van der Waals surface area (Å²) in [6.07, 6.45) is 1.45. The number of nitrogens with zero attached hydrogens (tertiary/aromatic N) is 7. The number of imidazole rings is 1. The van der Waals surface area contributed by atoms with Crippen molar-refractivity contribution in [2.45, 2.75) is 13.1 Å². The minimum atomic E-state index is -0.450. The standard InChI is InChI=1S/C21H23N7O3S/c1-24-19-18(20(30)25(2)21(24)31)28(13-22-19)12-17(29)27-9-7-26(8-10-27)11-16-23-14-5-3-4-6-15(14)32-16/h3-6,13H,7-12H2,1-2H3. The average molecular weight is 454 g/mol. The van der Waals surface area contributed by atoms with E-state index >= 15 is 0 Å². The third-order valence-corrected chi connectivity index (χ3v) is 6.97. The molecule has 1 aliphatic heterocycles. The Kier molecular flexibility index (Phi) is 5.14. The number of para-hydroxylation sites is 1. The van der Waals surface area contributed by atoms with Crippen LogP contribution in [0.1, 0.15) is 5.01 Å². The normalized spacial score (nSPS) is 15.1. The number of fused-ring (bicyclic) bond motifs is 2. The molecular weight excluding hydrogens is 430 g/mol. The Hall–Kier alpha value is -3.31. The average Bonchev–Trinajstić information content (AvgIpc) is 3.40. The fourth-order valence-electron chi connectivity index (χ4n) is 4.10. The molecule has 0 bridgehead atoms. The molecule has 0 N–H and O–H groups in total. The van der Waals surface area contributed by atoms with Crippen LogP contribution in [0, 0.1) is 0 Å². The molecule has 3 aromatic heterocycles. The molecule has 0 saturated carbocycles. The van der Waals surface area contributed by atoms with Gasteiger partial charge in [0.2, 0.25) is 5.91 Å². The van der Waals surface area contributed by atoms with E-state index in [9.17, 15) is 14.4 Å². The van der Waals surface area contributed by atoms with Gasteiger partial charge in [-0.25, -0.2) is 14.8 Å². The lowest BCUT2D eigenvalue weighted by Crippen LogP contribution is -2.49. The fourth-order valence-corrected chi connectivity index (χ4v) is 5.11. The summed E-state index contributed by atoms with van der Waals surface area (Å²) in [5.74, 6) is -0.0696. The lowest BCUT2D eigenvalue weighted by atomic mass is 10.3. The fraction of sp³-hybridized carbons (Fsp3) is 0.381. The maximum atomic E-state index is 12.9. The van der Waals surface area contributed by atoms with E-state index in [1.54, 1.807) is 18.4 Å². The van der Waals surface area contributed by atoms with Gasteiger partial charge >= 0.3 is 5.69 Å². The van der Waals surface area contributed by atoms with Crippen molar-refractivity contribution in [2.24, 2.45) is 14.1 Å². The van der Waals surface area contributed by atoms with Crippen molar-refractivity contribution in [1.29, 1.82) is 0 Å².